The summed E-state index contributed by atoms with van der Waals surface area (Å²) in [6.07, 6.45) is 4.59. The third-order valence-electron chi connectivity index (χ3n) is 5.17. The molecule has 2 aromatic heterocycles. The van der Waals surface area contributed by atoms with E-state index in [0.29, 0.717) is 25.3 Å². The highest BCUT2D eigenvalue weighted by Crippen LogP contribution is 2.32. The number of hydrogen-bond donors (Lipinski definition) is 4. The molecule has 3 aromatic rings. The van der Waals surface area contributed by atoms with Crippen molar-refractivity contribution in [3.63, 3.8) is 0 Å². The Morgan fingerprint density at radius 2 is 2.17 bits per heavy atom. The van der Waals surface area contributed by atoms with Gasteiger partial charge < -0.3 is 26.2 Å². The molecule has 1 atom stereocenters. The highest BCUT2D eigenvalue weighted by molar-refractivity contribution is 5.95. The van der Waals surface area contributed by atoms with Crippen molar-refractivity contribution in [3.8, 4) is 11.3 Å². The van der Waals surface area contributed by atoms with Crippen LogP contribution in [0.1, 0.15) is 31.9 Å². The predicted octanol–water partition coefficient (Wildman–Crippen LogP) is 3.45. The van der Waals surface area contributed by atoms with Crippen LogP contribution in [0.25, 0.3) is 22.2 Å². The Hall–Kier alpha value is -3.33. The maximum atomic E-state index is 10.5. The Morgan fingerprint density at radius 1 is 1.27 bits per heavy atom. The molecular formula is C21H26N6O3. The maximum Gasteiger partial charge on any atom is 0.404 e. The standard InChI is InChI=1S/C21H26N6O3/c22-19-13-16(23-8-3-9-24-21(28)29)15-6-5-14(12-17(15)26-19)18-7-10-25-27(18)20-4-1-2-11-30-20/h5-7,10,12-13,20,24H,1-4,8-9,11H2,(H,28,29)(H3,22,23,26). The predicted molar refractivity (Wildman–Crippen MR) is 115 cm³/mol. The van der Waals surface area contributed by atoms with E-state index in [1.165, 1.54) is 0 Å². The van der Waals surface area contributed by atoms with E-state index in [0.717, 1.165) is 53.7 Å². The van der Waals surface area contributed by atoms with Crippen LogP contribution in [0.15, 0.2) is 36.5 Å². The highest BCUT2D eigenvalue weighted by Gasteiger charge is 2.20. The number of nitrogens with zero attached hydrogens (tertiary/aromatic N) is 3. The van der Waals surface area contributed by atoms with E-state index in [2.05, 4.69) is 20.7 Å². The van der Waals surface area contributed by atoms with Crippen LogP contribution in [-0.4, -0.2) is 45.7 Å². The molecule has 30 heavy (non-hydrogen) atoms. The second-order valence-electron chi connectivity index (χ2n) is 7.32. The number of benzene rings is 1. The van der Waals surface area contributed by atoms with Crippen molar-refractivity contribution in [2.45, 2.75) is 31.9 Å². The number of nitrogens with two attached hydrogens (primary N) is 1. The summed E-state index contributed by atoms with van der Waals surface area (Å²) in [6, 6.07) is 9.87. The third-order valence-corrected chi connectivity index (χ3v) is 5.17. The van der Waals surface area contributed by atoms with E-state index < -0.39 is 6.09 Å². The Kier molecular flexibility index (Phi) is 5.99. The molecule has 3 heterocycles. The zero-order valence-corrected chi connectivity index (χ0v) is 16.7. The molecule has 0 saturated carbocycles. The Balaban J connectivity index is 1.56. The second kappa shape index (κ2) is 9.00. The van der Waals surface area contributed by atoms with Gasteiger partial charge in [-0.15, -0.1) is 0 Å². The van der Waals surface area contributed by atoms with Gasteiger partial charge in [0.15, 0.2) is 6.23 Å². The molecular weight excluding hydrogens is 384 g/mol. The van der Waals surface area contributed by atoms with Gasteiger partial charge in [-0.05, 0) is 37.8 Å². The second-order valence-corrected chi connectivity index (χ2v) is 7.32. The van der Waals surface area contributed by atoms with Gasteiger partial charge in [-0.3, -0.25) is 0 Å². The Morgan fingerprint density at radius 3 is 2.97 bits per heavy atom. The van der Waals surface area contributed by atoms with Crippen LogP contribution in [0, 0.1) is 0 Å². The molecule has 9 nitrogen and oxygen atoms in total. The fourth-order valence-electron chi connectivity index (χ4n) is 3.75. The first-order valence-electron chi connectivity index (χ1n) is 10.2. The number of ether oxygens (including phenoxy) is 1. The minimum Gasteiger partial charge on any atom is -0.465 e. The first-order valence-corrected chi connectivity index (χ1v) is 10.2. The first-order chi connectivity index (χ1) is 14.6. The largest absolute Gasteiger partial charge is 0.465 e. The lowest BCUT2D eigenvalue weighted by Crippen LogP contribution is -2.23. The number of hydrogen-bond acceptors (Lipinski definition) is 6. The monoisotopic (exact) mass is 410 g/mol. The van der Waals surface area contributed by atoms with E-state index in [4.69, 9.17) is 15.6 Å². The maximum absolute atomic E-state index is 10.5. The molecule has 0 radical (unpaired) electrons. The van der Waals surface area contributed by atoms with Gasteiger partial charge in [-0.2, -0.15) is 5.10 Å². The fourth-order valence-corrected chi connectivity index (χ4v) is 3.75. The molecule has 5 N–H and O–H groups in total. The van der Waals surface area contributed by atoms with Gasteiger partial charge in [0.2, 0.25) is 0 Å². The average Bonchev–Trinajstić information content (AvgIpc) is 3.23. The molecule has 1 aromatic carbocycles. The van der Waals surface area contributed by atoms with Gasteiger partial charge >= 0.3 is 6.09 Å². The molecule has 1 aliphatic heterocycles. The lowest BCUT2D eigenvalue weighted by atomic mass is 10.1. The highest BCUT2D eigenvalue weighted by atomic mass is 16.5. The van der Waals surface area contributed by atoms with Crippen molar-refractivity contribution >= 4 is 28.5 Å². The first kappa shape index (κ1) is 20.0. The van der Waals surface area contributed by atoms with Crippen LogP contribution < -0.4 is 16.4 Å². The number of rotatable bonds is 7. The average molecular weight is 410 g/mol. The smallest absolute Gasteiger partial charge is 0.404 e. The number of nitrogens with one attached hydrogen (secondary N) is 2. The summed E-state index contributed by atoms with van der Waals surface area (Å²) < 4.78 is 7.85. The third kappa shape index (κ3) is 4.46. The van der Waals surface area contributed by atoms with Crippen molar-refractivity contribution in [2.24, 2.45) is 0 Å². The fraction of sp³-hybridized carbons (Fsp3) is 0.381. The summed E-state index contributed by atoms with van der Waals surface area (Å²) in [4.78, 5) is 15.0. The Bertz CT molecular complexity index is 1030. The quantitative estimate of drug-likeness (QED) is 0.439. The molecule has 0 spiro atoms. The van der Waals surface area contributed by atoms with Crippen molar-refractivity contribution in [1.29, 1.82) is 0 Å². The van der Waals surface area contributed by atoms with Gasteiger partial charge in [0.25, 0.3) is 0 Å². The molecule has 158 valence electrons. The zero-order chi connectivity index (χ0) is 20.9. The number of amides is 1. The van der Waals surface area contributed by atoms with E-state index in [1.807, 2.05) is 28.9 Å². The minimum atomic E-state index is -1.01. The summed E-state index contributed by atoms with van der Waals surface area (Å²) in [5, 5.41) is 19.8. The summed E-state index contributed by atoms with van der Waals surface area (Å²) in [5.74, 6) is 0.426. The van der Waals surface area contributed by atoms with E-state index in [9.17, 15) is 4.79 Å². The van der Waals surface area contributed by atoms with Crippen LogP contribution in [0.2, 0.25) is 0 Å². The molecule has 1 unspecified atom stereocenters. The van der Waals surface area contributed by atoms with Crippen LogP contribution in [0.3, 0.4) is 0 Å². The Labute approximate surface area is 174 Å². The topological polar surface area (TPSA) is 127 Å². The minimum absolute atomic E-state index is 0.0371. The van der Waals surface area contributed by atoms with Crippen molar-refractivity contribution < 1.29 is 14.6 Å². The zero-order valence-electron chi connectivity index (χ0n) is 16.7. The van der Waals surface area contributed by atoms with Crippen LogP contribution >= 0.6 is 0 Å². The van der Waals surface area contributed by atoms with E-state index >= 15 is 0 Å². The lowest BCUT2D eigenvalue weighted by molar-refractivity contribution is -0.0383. The van der Waals surface area contributed by atoms with E-state index in [-0.39, 0.29) is 6.23 Å². The SMILES string of the molecule is Nc1cc(NCCCNC(=O)O)c2ccc(-c3ccnn3C3CCCCO3)cc2n1. The summed E-state index contributed by atoms with van der Waals surface area (Å²) in [5.41, 5.74) is 9.69. The van der Waals surface area contributed by atoms with Crippen molar-refractivity contribution in [2.75, 3.05) is 30.7 Å². The molecule has 1 aliphatic rings. The number of fused-ring (bicyclic) bond motifs is 1. The molecule has 1 saturated heterocycles. The van der Waals surface area contributed by atoms with Gasteiger partial charge in [-0.1, -0.05) is 12.1 Å². The van der Waals surface area contributed by atoms with Crippen molar-refractivity contribution in [3.05, 3.63) is 36.5 Å². The summed E-state index contributed by atoms with van der Waals surface area (Å²) in [7, 11) is 0. The molecule has 4 rings (SSSR count). The van der Waals surface area contributed by atoms with Crippen LogP contribution in [-0.2, 0) is 4.74 Å². The van der Waals surface area contributed by atoms with Gasteiger partial charge in [0, 0.05) is 48.6 Å². The van der Waals surface area contributed by atoms with Gasteiger partial charge in [-0.25, -0.2) is 14.5 Å². The summed E-state index contributed by atoms with van der Waals surface area (Å²) in [6.45, 7) is 1.77. The number of carbonyl (C=O) groups is 1. The molecule has 1 fully saturated rings. The van der Waals surface area contributed by atoms with Gasteiger partial charge in [0.1, 0.15) is 5.82 Å². The van der Waals surface area contributed by atoms with Crippen LogP contribution in [0.4, 0.5) is 16.3 Å². The van der Waals surface area contributed by atoms with Crippen LogP contribution in [0.5, 0.6) is 0 Å². The molecule has 9 heteroatoms. The van der Waals surface area contributed by atoms with Crippen molar-refractivity contribution in [1.82, 2.24) is 20.1 Å². The number of aromatic nitrogens is 3. The molecule has 0 aliphatic carbocycles. The summed E-state index contributed by atoms with van der Waals surface area (Å²) >= 11 is 0. The number of pyridine rings is 1. The lowest BCUT2D eigenvalue weighted by Gasteiger charge is -2.24. The number of nitrogen functional groups attached to an aromatic ring is 1. The normalized spacial score (nSPS) is 16.5. The molecule has 1 amide bonds. The number of anilines is 2. The molecule has 0 bridgehead atoms. The van der Waals surface area contributed by atoms with E-state index in [1.54, 1.807) is 12.3 Å². The number of carboxylic acid groups (broad SMARTS) is 1. The van der Waals surface area contributed by atoms with Gasteiger partial charge in [0.05, 0.1) is 11.2 Å².